The molecular weight excluding hydrogens is 218 g/mol. The summed E-state index contributed by atoms with van der Waals surface area (Å²) < 4.78 is 0. The van der Waals surface area contributed by atoms with E-state index in [0.717, 1.165) is 17.2 Å². The number of rotatable bonds is 3. The molecule has 0 bridgehead atoms. The lowest BCUT2D eigenvalue weighted by molar-refractivity contribution is 0.754. The van der Waals surface area contributed by atoms with Crippen molar-refractivity contribution in [3.8, 4) is 10.6 Å². The summed E-state index contributed by atoms with van der Waals surface area (Å²) >= 11 is 1.73. The van der Waals surface area contributed by atoms with Crippen LogP contribution in [-0.4, -0.2) is 17.0 Å². The fourth-order valence-electron chi connectivity index (χ4n) is 1.62. The van der Waals surface area contributed by atoms with E-state index in [4.69, 9.17) is 0 Å². The molecule has 0 aliphatic carbocycles. The van der Waals surface area contributed by atoms with Crippen LogP contribution in [0.2, 0.25) is 0 Å². The fraction of sp³-hybridized carbons (Fsp3) is 0.333. The molecule has 0 aliphatic heterocycles. The van der Waals surface area contributed by atoms with Gasteiger partial charge < -0.3 is 5.32 Å². The van der Waals surface area contributed by atoms with Gasteiger partial charge >= 0.3 is 0 Å². The number of aryl methyl sites for hydroxylation is 2. The average molecular weight is 233 g/mol. The van der Waals surface area contributed by atoms with E-state index in [1.54, 1.807) is 11.3 Å². The monoisotopic (exact) mass is 233 g/mol. The quantitative estimate of drug-likeness (QED) is 0.885. The van der Waals surface area contributed by atoms with Crippen LogP contribution in [0.4, 0.5) is 0 Å². The molecule has 1 N–H and O–H groups in total. The first-order chi connectivity index (χ1) is 7.70. The lowest BCUT2D eigenvalue weighted by Gasteiger charge is -2.05. The van der Waals surface area contributed by atoms with Crippen LogP contribution in [0.5, 0.6) is 0 Å². The van der Waals surface area contributed by atoms with Crippen LogP contribution < -0.4 is 5.32 Å². The van der Waals surface area contributed by atoms with Crippen LogP contribution in [0.1, 0.15) is 17.1 Å². The smallest absolute Gasteiger partial charge is 0.143 e. The third-order valence-corrected chi connectivity index (χ3v) is 3.37. The van der Waals surface area contributed by atoms with Crippen molar-refractivity contribution < 1.29 is 0 Å². The van der Waals surface area contributed by atoms with Crippen molar-refractivity contribution >= 4 is 11.3 Å². The van der Waals surface area contributed by atoms with Gasteiger partial charge in [0.05, 0.1) is 17.1 Å². The summed E-state index contributed by atoms with van der Waals surface area (Å²) in [5.74, 6) is 0.852. The Hall–Kier alpha value is -1.26. The SMILES string of the molecule is CNCc1nc(C)cc(-c2sccc2C)n1. The number of hydrogen-bond acceptors (Lipinski definition) is 4. The standard InChI is InChI=1S/C12H15N3S/c1-8-4-5-16-12(8)10-6-9(2)14-11(15-10)7-13-3/h4-6,13H,7H2,1-3H3. The molecule has 0 saturated heterocycles. The summed E-state index contributed by atoms with van der Waals surface area (Å²) in [4.78, 5) is 10.2. The van der Waals surface area contributed by atoms with E-state index >= 15 is 0 Å². The summed E-state index contributed by atoms with van der Waals surface area (Å²) in [7, 11) is 1.90. The predicted octanol–water partition coefficient (Wildman–Crippen LogP) is 2.54. The van der Waals surface area contributed by atoms with Crippen LogP contribution in [0, 0.1) is 13.8 Å². The van der Waals surface area contributed by atoms with Crippen molar-refractivity contribution in [3.63, 3.8) is 0 Å². The zero-order valence-corrected chi connectivity index (χ0v) is 10.6. The summed E-state index contributed by atoms with van der Waals surface area (Å²) in [6.07, 6.45) is 0. The van der Waals surface area contributed by atoms with Crippen LogP contribution in [0.3, 0.4) is 0 Å². The molecule has 0 spiro atoms. The average Bonchev–Trinajstić information content (AvgIpc) is 2.64. The predicted molar refractivity (Wildman–Crippen MR) is 67.6 cm³/mol. The van der Waals surface area contributed by atoms with Gasteiger partial charge in [0, 0.05) is 5.69 Å². The number of aromatic nitrogens is 2. The second-order valence-electron chi connectivity index (χ2n) is 3.77. The van der Waals surface area contributed by atoms with Gasteiger partial charge in [-0.15, -0.1) is 11.3 Å². The largest absolute Gasteiger partial charge is 0.313 e. The maximum absolute atomic E-state index is 4.56. The molecule has 0 saturated carbocycles. The van der Waals surface area contributed by atoms with Crippen LogP contribution in [0.25, 0.3) is 10.6 Å². The second-order valence-corrected chi connectivity index (χ2v) is 4.69. The zero-order chi connectivity index (χ0) is 11.5. The highest BCUT2D eigenvalue weighted by molar-refractivity contribution is 7.13. The van der Waals surface area contributed by atoms with E-state index < -0.39 is 0 Å². The molecule has 2 rings (SSSR count). The van der Waals surface area contributed by atoms with Crippen LogP contribution in [0.15, 0.2) is 17.5 Å². The minimum Gasteiger partial charge on any atom is -0.313 e. The first-order valence-corrected chi connectivity index (χ1v) is 6.12. The fourth-order valence-corrected chi connectivity index (χ4v) is 2.51. The lowest BCUT2D eigenvalue weighted by atomic mass is 10.2. The molecule has 0 unspecified atom stereocenters. The molecule has 2 aromatic heterocycles. The van der Waals surface area contributed by atoms with Gasteiger partial charge in [-0.25, -0.2) is 9.97 Å². The van der Waals surface area contributed by atoms with E-state index in [1.807, 2.05) is 20.0 Å². The molecule has 0 atom stereocenters. The van der Waals surface area contributed by atoms with Crippen LogP contribution in [-0.2, 0) is 6.54 Å². The van der Waals surface area contributed by atoms with Crippen molar-refractivity contribution in [1.82, 2.24) is 15.3 Å². The molecule has 84 valence electrons. The number of nitrogens with zero attached hydrogens (tertiary/aromatic N) is 2. The minimum absolute atomic E-state index is 0.707. The van der Waals surface area contributed by atoms with E-state index in [9.17, 15) is 0 Å². The maximum Gasteiger partial charge on any atom is 0.143 e. The van der Waals surface area contributed by atoms with Crippen LogP contribution >= 0.6 is 11.3 Å². The molecule has 0 radical (unpaired) electrons. The summed E-state index contributed by atoms with van der Waals surface area (Å²) in [5.41, 5.74) is 3.33. The Morgan fingerprint density at radius 2 is 2.12 bits per heavy atom. The highest BCUT2D eigenvalue weighted by Gasteiger charge is 2.07. The van der Waals surface area contributed by atoms with Gasteiger partial charge in [0.25, 0.3) is 0 Å². The Labute approximate surface area is 99.6 Å². The molecule has 3 nitrogen and oxygen atoms in total. The normalized spacial score (nSPS) is 10.7. The molecule has 0 aliphatic rings. The zero-order valence-electron chi connectivity index (χ0n) is 9.74. The Bertz CT molecular complexity index is 491. The van der Waals surface area contributed by atoms with Gasteiger partial charge in [-0.1, -0.05) is 0 Å². The third-order valence-electron chi connectivity index (χ3n) is 2.33. The second kappa shape index (κ2) is 4.72. The Kier molecular flexibility index (Phi) is 3.31. The van der Waals surface area contributed by atoms with Crippen molar-refractivity contribution in [3.05, 3.63) is 34.6 Å². The van der Waals surface area contributed by atoms with Crippen molar-refractivity contribution in [2.45, 2.75) is 20.4 Å². The third kappa shape index (κ3) is 2.28. The molecule has 0 amide bonds. The molecule has 0 fully saturated rings. The minimum atomic E-state index is 0.707. The summed E-state index contributed by atoms with van der Waals surface area (Å²) in [6, 6.07) is 4.16. The van der Waals surface area contributed by atoms with E-state index in [-0.39, 0.29) is 0 Å². The van der Waals surface area contributed by atoms with E-state index in [1.165, 1.54) is 10.4 Å². The van der Waals surface area contributed by atoms with Gasteiger partial charge in [-0.05, 0) is 44.0 Å². The van der Waals surface area contributed by atoms with Gasteiger partial charge in [0.15, 0.2) is 0 Å². The van der Waals surface area contributed by atoms with Gasteiger partial charge in [0.1, 0.15) is 5.82 Å². The Morgan fingerprint density at radius 1 is 1.31 bits per heavy atom. The molecule has 2 aromatic rings. The van der Waals surface area contributed by atoms with Crippen molar-refractivity contribution in [2.75, 3.05) is 7.05 Å². The summed E-state index contributed by atoms with van der Waals surface area (Å²) in [5, 5.41) is 5.17. The molecule has 16 heavy (non-hydrogen) atoms. The van der Waals surface area contributed by atoms with E-state index in [0.29, 0.717) is 6.54 Å². The van der Waals surface area contributed by atoms with E-state index in [2.05, 4.69) is 33.7 Å². The highest BCUT2D eigenvalue weighted by atomic mass is 32.1. The number of nitrogens with one attached hydrogen (secondary N) is 1. The molecule has 2 heterocycles. The first-order valence-electron chi connectivity index (χ1n) is 5.24. The Balaban J connectivity index is 2.45. The number of thiophene rings is 1. The lowest BCUT2D eigenvalue weighted by Crippen LogP contribution is -2.10. The van der Waals surface area contributed by atoms with Crippen molar-refractivity contribution in [1.29, 1.82) is 0 Å². The van der Waals surface area contributed by atoms with Gasteiger partial charge in [-0.3, -0.25) is 0 Å². The maximum atomic E-state index is 4.56. The van der Waals surface area contributed by atoms with Gasteiger partial charge in [-0.2, -0.15) is 0 Å². The van der Waals surface area contributed by atoms with Gasteiger partial charge in [0.2, 0.25) is 0 Å². The van der Waals surface area contributed by atoms with Crippen molar-refractivity contribution in [2.24, 2.45) is 0 Å². The molecule has 0 aromatic carbocycles. The number of hydrogen-bond donors (Lipinski definition) is 1. The highest BCUT2D eigenvalue weighted by Crippen LogP contribution is 2.27. The molecular formula is C12H15N3S. The Morgan fingerprint density at radius 3 is 2.75 bits per heavy atom. The first kappa shape index (κ1) is 11.2. The molecule has 4 heteroatoms. The summed E-state index contributed by atoms with van der Waals surface area (Å²) in [6.45, 7) is 4.83. The topological polar surface area (TPSA) is 37.8 Å².